The van der Waals surface area contributed by atoms with Gasteiger partial charge in [-0.2, -0.15) is 0 Å². The zero-order chi connectivity index (χ0) is 53.4. The summed E-state index contributed by atoms with van der Waals surface area (Å²) in [5.74, 6) is 0.748. The monoisotopic (exact) mass is 1030 g/mol. The number of nitrogens with zero attached hydrogens (tertiary/aromatic N) is 10. The van der Waals surface area contributed by atoms with Crippen LogP contribution in [-0.4, -0.2) is 49.4 Å². The van der Waals surface area contributed by atoms with Gasteiger partial charge in [-0.05, 0) is 125 Å². The molecule has 0 saturated heterocycles. The van der Waals surface area contributed by atoms with E-state index in [-0.39, 0.29) is 0 Å². The van der Waals surface area contributed by atoms with E-state index >= 15 is 0 Å². The van der Waals surface area contributed by atoms with Gasteiger partial charge in [-0.1, -0.05) is 115 Å². The molecule has 376 valence electrons. The van der Waals surface area contributed by atoms with Crippen molar-refractivity contribution in [3.8, 4) is 84.4 Å². The third-order valence-electron chi connectivity index (χ3n) is 15.4. The number of hydrogen-bond acceptors (Lipinski definition) is 9. The molecule has 81 heavy (non-hydrogen) atoms. The molecular formula is C71H42N10. The van der Waals surface area contributed by atoms with Crippen LogP contribution in [0.15, 0.2) is 256 Å². The van der Waals surface area contributed by atoms with E-state index in [2.05, 4.69) is 180 Å². The van der Waals surface area contributed by atoms with E-state index in [1.54, 1.807) is 0 Å². The normalized spacial score (nSPS) is 11.7. The first-order valence-electron chi connectivity index (χ1n) is 26.8. The summed E-state index contributed by atoms with van der Waals surface area (Å²) in [5.41, 5.74) is 19.2. The van der Waals surface area contributed by atoms with Crippen LogP contribution in [0.5, 0.6) is 0 Å². The van der Waals surface area contributed by atoms with Crippen molar-refractivity contribution >= 4 is 76.5 Å². The number of hydrogen-bond donors (Lipinski definition) is 0. The van der Waals surface area contributed by atoms with E-state index in [4.69, 9.17) is 44.9 Å². The Morgan fingerprint density at radius 1 is 0.247 bits per heavy atom. The Balaban J connectivity index is 1.03. The summed E-state index contributed by atoms with van der Waals surface area (Å²) < 4.78 is 2.29. The summed E-state index contributed by atoms with van der Waals surface area (Å²) in [5, 5.41) is 5.96. The van der Waals surface area contributed by atoms with Crippen LogP contribution in [0.1, 0.15) is 0 Å². The second kappa shape index (κ2) is 18.8. The smallest absolute Gasteiger partial charge is 0.145 e. The maximum atomic E-state index is 5.74. The van der Waals surface area contributed by atoms with E-state index in [9.17, 15) is 0 Å². The van der Waals surface area contributed by atoms with Gasteiger partial charge in [-0.15, -0.1) is 0 Å². The van der Waals surface area contributed by atoms with Crippen molar-refractivity contribution in [2.75, 3.05) is 0 Å². The first-order chi connectivity index (χ1) is 40.1. The lowest BCUT2D eigenvalue weighted by atomic mass is 9.92. The van der Waals surface area contributed by atoms with E-state index in [0.29, 0.717) is 0 Å². The molecule has 0 unspecified atom stereocenters. The molecule has 0 radical (unpaired) electrons. The molecule has 0 aliphatic carbocycles. The lowest BCUT2D eigenvalue weighted by Gasteiger charge is -2.17. The molecule has 10 nitrogen and oxygen atoms in total. The predicted octanol–water partition coefficient (Wildman–Crippen LogP) is 16.8. The molecular weight excluding hydrogens is 993 g/mol. The van der Waals surface area contributed by atoms with Gasteiger partial charge in [-0.3, -0.25) is 34.5 Å². The zero-order valence-corrected chi connectivity index (χ0v) is 43.2. The van der Waals surface area contributed by atoms with Crippen molar-refractivity contribution in [3.63, 3.8) is 0 Å². The van der Waals surface area contributed by atoms with E-state index in [1.165, 1.54) is 0 Å². The van der Waals surface area contributed by atoms with Crippen molar-refractivity contribution in [2.24, 2.45) is 0 Å². The molecule has 0 bridgehead atoms. The van der Waals surface area contributed by atoms with Gasteiger partial charge in [0.15, 0.2) is 0 Å². The van der Waals surface area contributed by atoms with Crippen molar-refractivity contribution in [1.82, 2.24) is 49.4 Å². The number of para-hydroxylation sites is 5. The first kappa shape index (κ1) is 45.9. The van der Waals surface area contributed by atoms with Crippen LogP contribution in [0.2, 0.25) is 0 Å². The average molecular weight is 1040 g/mol. The summed E-state index contributed by atoms with van der Waals surface area (Å²) in [6, 6.07) is 75.7. The minimum absolute atomic E-state index is 0.748. The highest BCUT2D eigenvalue weighted by molar-refractivity contribution is 6.22. The number of fused-ring (bicyclic) bond motifs is 10. The van der Waals surface area contributed by atoms with Crippen molar-refractivity contribution in [1.29, 1.82) is 0 Å². The van der Waals surface area contributed by atoms with Gasteiger partial charge in [0.2, 0.25) is 0 Å². The molecule has 16 rings (SSSR count). The van der Waals surface area contributed by atoms with Crippen LogP contribution in [0.25, 0.3) is 161 Å². The van der Waals surface area contributed by atoms with Crippen molar-refractivity contribution in [2.45, 2.75) is 0 Å². The van der Waals surface area contributed by atoms with Crippen LogP contribution < -0.4 is 0 Å². The Hall–Kier alpha value is -11.2. The summed E-state index contributed by atoms with van der Waals surface area (Å²) in [6.07, 6.45) is 11.0. The Morgan fingerprint density at radius 3 is 1.02 bits per heavy atom. The van der Waals surface area contributed by atoms with Gasteiger partial charge in [0.05, 0.1) is 66.9 Å². The quantitative estimate of drug-likeness (QED) is 0.137. The number of rotatable bonds is 8. The second-order valence-electron chi connectivity index (χ2n) is 20.2. The maximum absolute atomic E-state index is 5.74. The van der Waals surface area contributed by atoms with Crippen molar-refractivity contribution < 1.29 is 0 Å². The van der Waals surface area contributed by atoms with E-state index < -0.39 is 0 Å². The molecule has 0 fully saturated rings. The minimum atomic E-state index is 0.748. The molecule has 0 atom stereocenters. The molecule has 7 aromatic carbocycles. The number of aromatic nitrogens is 10. The molecule has 0 aliphatic rings. The number of benzene rings is 7. The fourth-order valence-electron chi connectivity index (χ4n) is 11.7. The highest BCUT2D eigenvalue weighted by Crippen LogP contribution is 2.43. The van der Waals surface area contributed by atoms with Crippen LogP contribution in [0.3, 0.4) is 0 Å². The molecule has 0 N–H and O–H groups in total. The second-order valence-corrected chi connectivity index (χ2v) is 20.2. The molecule has 9 heterocycles. The summed E-state index contributed by atoms with van der Waals surface area (Å²) in [7, 11) is 0. The van der Waals surface area contributed by atoms with E-state index in [0.717, 1.165) is 161 Å². The number of imidazole rings is 1. The van der Waals surface area contributed by atoms with Crippen LogP contribution in [0, 0.1) is 0 Å². The third-order valence-corrected chi connectivity index (χ3v) is 15.4. The van der Waals surface area contributed by atoms with Gasteiger partial charge in [-0.25, -0.2) is 15.0 Å². The predicted molar refractivity (Wildman–Crippen MR) is 327 cm³/mol. The maximum Gasteiger partial charge on any atom is 0.145 e. The Bertz CT molecular complexity index is 4770. The Kier molecular flexibility index (Phi) is 10.6. The fraction of sp³-hybridized carbons (Fsp3) is 0. The van der Waals surface area contributed by atoms with Crippen molar-refractivity contribution in [3.05, 3.63) is 256 Å². The third kappa shape index (κ3) is 7.76. The Morgan fingerprint density at radius 2 is 0.593 bits per heavy atom. The lowest BCUT2D eigenvalue weighted by Crippen LogP contribution is -2.00. The first-order valence-corrected chi connectivity index (χ1v) is 26.8. The van der Waals surface area contributed by atoms with Gasteiger partial charge in [0, 0.05) is 103 Å². The fourth-order valence-corrected chi connectivity index (χ4v) is 11.7. The SMILES string of the molecule is c1ccc(-n2c(-c3cc(-c4cc(-c5cccc6cccnc56)nc(-c5cccc6cccnc56)c4)cc(-c4cc(-c5cccc6cccnc56)nc(-c5cccc6cccnc56)c4)c3)nc3c4cccnc4c4ncccc4c32)cc1. The topological polar surface area (TPSA) is 121 Å². The average Bonchev–Trinajstić information content (AvgIpc) is 4.15. The standard InChI is InChI=1S/C71H42N10/c1-2-22-52(23-3-1)81-70-58-29-13-35-77-68(58)67-57(28-12-34-76-67)69(70)80-71(81)51-37-47(49-39-59(53-24-4-14-43-18-8-30-72-63(43)53)78-60(40-49)54-25-5-15-44-19-9-31-73-64(44)54)36-48(38-51)50-41-61(55-26-6-16-45-20-10-32-74-65(45)55)79-62(42-50)56-27-7-17-46-21-11-33-75-66(46)56/h1-42H. The highest BCUT2D eigenvalue weighted by Gasteiger charge is 2.24. The number of pyridine rings is 8. The molecule has 0 spiro atoms. The molecule has 9 aromatic heterocycles. The van der Waals surface area contributed by atoms with Crippen LogP contribution in [-0.2, 0) is 0 Å². The molecule has 0 amide bonds. The summed E-state index contributed by atoms with van der Waals surface area (Å²) >= 11 is 0. The highest BCUT2D eigenvalue weighted by atomic mass is 15.1. The molecule has 0 aliphatic heterocycles. The summed E-state index contributed by atoms with van der Waals surface area (Å²) in [4.78, 5) is 46.4. The largest absolute Gasteiger partial charge is 0.292 e. The molecule has 0 saturated carbocycles. The molecule has 16 aromatic rings. The summed E-state index contributed by atoms with van der Waals surface area (Å²) in [6.45, 7) is 0. The minimum Gasteiger partial charge on any atom is -0.292 e. The van der Waals surface area contributed by atoms with Crippen LogP contribution >= 0.6 is 0 Å². The van der Waals surface area contributed by atoms with Gasteiger partial charge in [0.25, 0.3) is 0 Å². The van der Waals surface area contributed by atoms with Gasteiger partial charge >= 0.3 is 0 Å². The molecule has 10 heteroatoms. The van der Waals surface area contributed by atoms with E-state index in [1.807, 2.05) is 79.6 Å². The Labute approximate surface area is 463 Å². The van der Waals surface area contributed by atoms with Crippen LogP contribution in [0.4, 0.5) is 0 Å². The zero-order valence-electron chi connectivity index (χ0n) is 43.2. The van der Waals surface area contributed by atoms with Gasteiger partial charge < -0.3 is 0 Å². The van der Waals surface area contributed by atoms with Gasteiger partial charge in [0.1, 0.15) is 5.82 Å². The lowest BCUT2D eigenvalue weighted by molar-refractivity contribution is 1.11.